The summed E-state index contributed by atoms with van der Waals surface area (Å²) in [4.78, 5) is 4.41. The van der Waals surface area contributed by atoms with Crippen LogP contribution in [-0.2, 0) is 0 Å². The van der Waals surface area contributed by atoms with Crippen LogP contribution in [-0.4, -0.2) is 11.2 Å². The lowest BCUT2D eigenvalue weighted by atomic mass is 9.82. The van der Waals surface area contributed by atoms with Crippen LogP contribution in [0.25, 0.3) is 65.7 Å². The summed E-state index contributed by atoms with van der Waals surface area (Å²) < 4.78 is 0. The second-order valence-corrected chi connectivity index (χ2v) is 11.4. The molecule has 2 heteroatoms. The molecule has 0 radical (unpaired) electrons. The third kappa shape index (κ3) is 4.69. The number of fused-ring (bicyclic) bond motifs is 3. The molecule has 0 saturated heterocycles. The summed E-state index contributed by atoms with van der Waals surface area (Å²) >= 11 is 0. The molecule has 7 rings (SSSR count). The van der Waals surface area contributed by atoms with Crippen molar-refractivity contribution in [1.29, 1.82) is 5.41 Å². The zero-order valence-corrected chi connectivity index (χ0v) is 24.9. The van der Waals surface area contributed by atoms with Crippen molar-refractivity contribution in [3.05, 3.63) is 151 Å². The van der Waals surface area contributed by atoms with Crippen LogP contribution in [0.4, 0.5) is 0 Å². The maximum absolute atomic E-state index is 7.42. The van der Waals surface area contributed by atoms with Crippen LogP contribution in [0.2, 0.25) is 0 Å². The minimum atomic E-state index is 0.616. The number of hydrogen-bond donors (Lipinski definition) is 1. The molecule has 1 atom stereocenters. The van der Waals surface area contributed by atoms with Crippen LogP contribution < -0.4 is 0 Å². The normalized spacial score (nSPS) is 14.8. The van der Waals surface area contributed by atoms with E-state index in [-0.39, 0.29) is 0 Å². The average Bonchev–Trinajstić information content (AvgIpc) is 3.09. The Bertz CT molecular complexity index is 2120. The fraction of sp³-hybridized carbons (Fsp3) is 0.0952. The monoisotopic (exact) mass is 566 g/mol. The van der Waals surface area contributed by atoms with Gasteiger partial charge < -0.3 is 5.41 Å². The molecular weight excluding hydrogens is 532 g/mol. The van der Waals surface area contributed by atoms with Crippen LogP contribution in [0.1, 0.15) is 30.9 Å². The number of nitrogens with zero attached hydrogens (tertiary/aromatic N) is 1. The Morgan fingerprint density at radius 3 is 1.95 bits per heavy atom. The van der Waals surface area contributed by atoms with E-state index < -0.39 is 0 Å². The van der Waals surface area contributed by atoms with Gasteiger partial charge in [-0.3, -0.25) is 4.98 Å². The molecule has 0 bridgehead atoms. The molecule has 0 amide bonds. The van der Waals surface area contributed by atoms with Crippen molar-refractivity contribution in [2.24, 2.45) is 5.92 Å². The molecule has 0 aliphatic heterocycles. The third-order valence-electron chi connectivity index (χ3n) is 8.98. The summed E-state index contributed by atoms with van der Waals surface area (Å²) in [6, 6.07) is 33.1. The molecule has 1 aliphatic carbocycles. The van der Waals surface area contributed by atoms with E-state index in [1.807, 2.05) is 18.5 Å². The second kappa shape index (κ2) is 11.7. The highest BCUT2D eigenvalue weighted by Gasteiger charge is 2.20. The van der Waals surface area contributed by atoms with E-state index >= 15 is 0 Å². The second-order valence-electron chi connectivity index (χ2n) is 11.4. The highest BCUT2D eigenvalue weighted by molar-refractivity contribution is 6.22. The SMILES string of the molecule is C=C(/C=C\C=N)c1cnccc1-c1ccc(-c2c3ccccc3c(C3=CCC(CC)C=C3)c3ccccc23)c2ccccc12. The average molecular weight is 567 g/mol. The summed E-state index contributed by atoms with van der Waals surface area (Å²) in [6.45, 7) is 6.55. The first-order valence-electron chi connectivity index (χ1n) is 15.3. The van der Waals surface area contributed by atoms with Crippen molar-refractivity contribution in [2.75, 3.05) is 0 Å². The number of allylic oxidation sites excluding steroid dienone is 7. The predicted molar refractivity (Wildman–Crippen MR) is 190 cm³/mol. The van der Waals surface area contributed by atoms with Crippen molar-refractivity contribution in [2.45, 2.75) is 19.8 Å². The maximum atomic E-state index is 7.42. The fourth-order valence-electron chi connectivity index (χ4n) is 6.77. The van der Waals surface area contributed by atoms with Crippen LogP contribution in [0.5, 0.6) is 0 Å². The quantitative estimate of drug-likeness (QED) is 0.116. The Morgan fingerprint density at radius 2 is 1.36 bits per heavy atom. The Morgan fingerprint density at radius 1 is 0.773 bits per heavy atom. The molecule has 5 aromatic carbocycles. The number of pyridine rings is 1. The summed E-state index contributed by atoms with van der Waals surface area (Å²) in [6.07, 6.45) is 18.0. The molecule has 1 heterocycles. The first kappa shape index (κ1) is 27.5. The minimum absolute atomic E-state index is 0.616. The first-order chi connectivity index (χ1) is 21.7. The van der Waals surface area contributed by atoms with Crippen LogP contribution >= 0.6 is 0 Å². The lowest BCUT2D eigenvalue weighted by Crippen LogP contribution is -1.99. The molecule has 0 spiro atoms. The summed E-state index contributed by atoms with van der Waals surface area (Å²) in [7, 11) is 0. The Hall–Kier alpha value is -5.34. The van der Waals surface area contributed by atoms with Crippen molar-refractivity contribution in [3.8, 4) is 22.3 Å². The van der Waals surface area contributed by atoms with Gasteiger partial charge in [0.05, 0.1) is 0 Å². The predicted octanol–water partition coefficient (Wildman–Crippen LogP) is 11.5. The highest BCUT2D eigenvalue weighted by Crippen LogP contribution is 2.46. The van der Waals surface area contributed by atoms with Gasteiger partial charge in [0.1, 0.15) is 0 Å². The topological polar surface area (TPSA) is 36.7 Å². The van der Waals surface area contributed by atoms with E-state index in [1.165, 1.54) is 67.2 Å². The van der Waals surface area contributed by atoms with Gasteiger partial charge in [0.25, 0.3) is 0 Å². The number of hydrogen-bond acceptors (Lipinski definition) is 2. The van der Waals surface area contributed by atoms with Gasteiger partial charge in [-0.05, 0) is 102 Å². The van der Waals surface area contributed by atoms with Gasteiger partial charge >= 0.3 is 0 Å². The smallest absolute Gasteiger partial charge is 0.0352 e. The third-order valence-corrected chi connectivity index (χ3v) is 8.98. The zero-order valence-electron chi connectivity index (χ0n) is 24.9. The van der Waals surface area contributed by atoms with E-state index in [2.05, 4.69) is 128 Å². The van der Waals surface area contributed by atoms with Gasteiger partial charge in [-0.1, -0.05) is 123 Å². The molecule has 1 aliphatic rings. The molecule has 0 fully saturated rings. The lowest BCUT2D eigenvalue weighted by Gasteiger charge is -2.22. The lowest BCUT2D eigenvalue weighted by molar-refractivity contribution is 0.634. The Labute approximate surface area is 258 Å². The van der Waals surface area contributed by atoms with Gasteiger partial charge in [0.15, 0.2) is 0 Å². The molecule has 2 nitrogen and oxygen atoms in total. The number of rotatable bonds is 7. The molecule has 6 aromatic rings. The molecule has 0 saturated carbocycles. The molecule has 1 unspecified atom stereocenters. The van der Waals surface area contributed by atoms with Crippen LogP contribution in [0.15, 0.2) is 140 Å². The van der Waals surface area contributed by atoms with Crippen molar-refractivity contribution >= 4 is 49.7 Å². The molecule has 1 N–H and O–H groups in total. The Kier molecular flexibility index (Phi) is 7.33. The number of nitrogens with one attached hydrogen (secondary N) is 1. The van der Waals surface area contributed by atoms with Gasteiger partial charge in [-0.15, -0.1) is 0 Å². The highest BCUT2D eigenvalue weighted by atomic mass is 14.6. The van der Waals surface area contributed by atoms with Gasteiger partial charge in [-0.2, -0.15) is 0 Å². The maximum Gasteiger partial charge on any atom is 0.0352 e. The van der Waals surface area contributed by atoms with Gasteiger partial charge in [0, 0.05) is 24.2 Å². The van der Waals surface area contributed by atoms with E-state index in [0.717, 1.165) is 28.7 Å². The van der Waals surface area contributed by atoms with Crippen molar-refractivity contribution in [1.82, 2.24) is 4.98 Å². The summed E-state index contributed by atoms with van der Waals surface area (Å²) in [5.41, 5.74) is 9.13. The van der Waals surface area contributed by atoms with Crippen LogP contribution in [0, 0.1) is 11.3 Å². The number of aromatic nitrogens is 1. The first-order valence-corrected chi connectivity index (χ1v) is 15.3. The molecule has 1 aromatic heterocycles. The molecular formula is C42H34N2. The van der Waals surface area contributed by atoms with Gasteiger partial charge in [0.2, 0.25) is 0 Å². The van der Waals surface area contributed by atoms with Crippen molar-refractivity contribution in [3.63, 3.8) is 0 Å². The standard InChI is InChI=1S/C42H34N2/c1-3-29-18-20-30(21-19-29)41-35-14-6-8-16-37(35)42(38-17-9-7-15-36(38)41)39-23-22-33(31-12-4-5-13-32(31)39)34-24-26-44-27-40(34)28(2)11-10-25-43/h4-18,20-27,29,43H,2-3,19H2,1H3/b11-10-,43-25?. The van der Waals surface area contributed by atoms with E-state index in [0.29, 0.717) is 5.92 Å². The van der Waals surface area contributed by atoms with Gasteiger partial charge in [-0.25, -0.2) is 0 Å². The fourth-order valence-corrected chi connectivity index (χ4v) is 6.77. The zero-order chi connectivity index (χ0) is 30.0. The largest absolute Gasteiger partial charge is 0.309 e. The molecule has 212 valence electrons. The molecule has 44 heavy (non-hydrogen) atoms. The number of benzene rings is 5. The Balaban J connectivity index is 1.50. The van der Waals surface area contributed by atoms with E-state index in [1.54, 1.807) is 6.08 Å². The van der Waals surface area contributed by atoms with Crippen LogP contribution in [0.3, 0.4) is 0 Å². The van der Waals surface area contributed by atoms with Crippen molar-refractivity contribution < 1.29 is 0 Å². The van der Waals surface area contributed by atoms with E-state index in [9.17, 15) is 0 Å². The summed E-state index contributed by atoms with van der Waals surface area (Å²) in [5, 5.41) is 14.9. The minimum Gasteiger partial charge on any atom is -0.309 e. The van der Waals surface area contributed by atoms with E-state index in [4.69, 9.17) is 5.41 Å². The summed E-state index contributed by atoms with van der Waals surface area (Å²) in [5.74, 6) is 0.616.